The second-order valence-corrected chi connectivity index (χ2v) is 5.44. The molecule has 0 unspecified atom stereocenters. The van der Waals surface area contributed by atoms with Gasteiger partial charge in [-0.25, -0.2) is 4.79 Å². The highest BCUT2D eigenvalue weighted by molar-refractivity contribution is 5.82. The van der Waals surface area contributed by atoms with Gasteiger partial charge in [0.05, 0.1) is 5.41 Å². The lowest BCUT2D eigenvalue weighted by atomic mass is 9.84. The number of carbonyl (C=O) groups is 2. The summed E-state index contributed by atoms with van der Waals surface area (Å²) >= 11 is 0. The first kappa shape index (κ1) is 17.7. The Labute approximate surface area is 131 Å². The van der Waals surface area contributed by atoms with Crippen molar-refractivity contribution in [3.63, 3.8) is 0 Å². The molecule has 0 bridgehead atoms. The van der Waals surface area contributed by atoms with E-state index in [1.807, 2.05) is 30.3 Å². The highest BCUT2D eigenvalue weighted by atomic mass is 16.6. The first-order valence-electron chi connectivity index (χ1n) is 7.07. The fraction of sp³-hybridized carbons (Fsp3) is 0.333. The molecule has 0 aliphatic rings. The van der Waals surface area contributed by atoms with E-state index in [4.69, 9.17) is 9.47 Å². The van der Waals surface area contributed by atoms with Crippen molar-refractivity contribution in [3.8, 4) is 0 Å². The van der Waals surface area contributed by atoms with Crippen molar-refractivity contribution in [2.75, 3.05) is 0 Å². The first-order valence-corrected chi connectivity index (χ1v) is 7.07. The quantitative estimate of drug-likeness (QED) is 0.419. The van der Waals surface area contributed by atoms with Crippen molar-refractivity contribution in [1.82, 2.24) is 0 Å². The maximum absolute atomic E-state index is 12.4. The molecule has 0 N–H and O–H groups in total. The number of esters is 2. The Morgan fingerprint density at radius 1 is 1.23 bits per heavy atom. The van der Waals surface area contributed by atoms with E-state index in [0.717, 1.165) is 11.6 Å². The van der Waals surface area contributed by atoms with E-state index in [9.17, 15) is 9.59 Å². The summed E-state index contributed by atoms with van der Waals surface area (Å²) in [5, 5.41) is 0. The van der Waals surface area contributed by atoms with Crippen molar-refractivity contribution < 1.29 is 19.1 Å². The molecule has 1 atom stereocenters. The lowest BCUT2D eigenvalue weighted by Crippen LogP contribution is -2.41. The Bertz CT molecular complexity index is 531. The van der Waals surface area contributed by atoms with E-state index in [1.54, 1.807) is 19.9 Å². The topological polar surface area (TPSA) is 52.6 Å². The van der Waals surface area contributed by atoms with Crippen LogP contribution in [0.1, 0.15) is 25.8 Å². The monoisotopic (exact) mass is 302 g/mol. The lowest BCUT2D eigenvalue weighted by Gasteiger charge is -2.30. The largest absolute Gasteiger partial charge is 0.460 e. The van der Waals surface area contributed by atoms with Gasteiger partial charge in [-0.3, -0.25) is 4.79 Å². The lowest BCUT2D eigenvalue weighted by molar-refractivity contribution is -0.168. The van der Waals surface area contributed by atoms with Gasteiger partial charge >= 0.3 is 11.9 Å². The standard InChI is InChI=1S/C18H22O4/c1-5-10-15(22-16(19)6-2)18(3,4)17(20)21-13-14-11-8-7-9-12-14/h5-9,11-12,15H,1-2,10,13H2,3-4H3/t15-/m1/s1. The van der Waals surface area contributed by atoms with Crippen LogP contribution in [0.3, 0.4) is 0 Å². The molecule has 0 spiro atoms. The molecule has 0 radical (unpaired) electrons. The fourth-order valence-corrected chi connectivity index (χ4v) is 1.87. The summed E-state index contributed by atoms with van der Waals surface area (Å²) in [5.74, 6) is -1.00. The van der Waals surface area contributed by atoms with E-state index in [1.165, 1.54) is 0 Å². The molecule has 118 valence electrons. The number of rotatable bonds is 8. The van der Waals surface area contributed by atoms with Gasteiger partial charge in [0.25, 0.3) is 0 Å². The number of hydrogen-bond donors (Lipinski definition) is 0. The van der Waals surface area contributed by atoms with Crippen LogP contribution in [-0.4, -0.2) is 18.0 Å². The maximum atomic E-state index is 12.4. The second kappa shape index (κ2) is 8.17. The smallest absolute Gasteiger partial charge is 0.330 e. The van der Waals surface area contributed by atoms with Gasteiger partial charge in [-0.15, -0.1) is 6.58 Å². The van der Waals surface area contributed by atoms with E-state index in [2.05, 4.69) is 13.2 Å². The van der Waals surface area contributed by atoms with Crippen molar-refractivity contribution in [3.05, 3.63) is 61.2 Å². The van der Waals surface area contributed by atoms with Crippen LogP contribution in [0.4, 0.5) is 0 Å². The van der Waals surface area contributed by atoms with Gasteiger partial charge in [0.1, 0.15) is 12.7 Å². The van der Waals surface area contributed by atoms with Crippen molar-refractivity contribution in [2.24, 2.45) is 5.41 Å². The zero-order chi connectivity index (χ0) is 16.6. The third kappa shape index (κ3) is 4.88. The molecule has 0 amide bonds. The third-order valence-electron chi connectivity index (χ3n) is 3.35. The van der Waals surface area contributed by atoms with Crippen LogP contribution in [0.2, 0.25) is 0 Å². The molecule has 0 aromatic heterocycles. The fourth-order valence-electron chi connectivity index (χ4n) is 1.87. The summed E-state index contributed by atoms with van der Waals surface area (Å²) in [6.45, 7) is 10.5. The minimum absolute atomic E-state index is 0.180. The summed E-state index contributed by atoms with van der Waals surface area (Å²) in [5.41, 5.74) is -0.0863. The molecule has 0 heterocycles. The molecule has 0 aliphatic carbocycles. The van der Waals surface area contributed by atoms with Crippen LogP contribution in [0.15, 0.2) is 55.6 Å². The Balaban J connectivity index is 2.74. The second-order valence-electron chi connectivity index (χ2n) is 5.44. The molecule has 4 nitrogen and oxygen atoms in total. The van der Waals surface area contributed by atoms with E-state index in [0.29, 0.717) is 6.42 Å². The minimum atomic E-state index is -0.984. The van der Waals surface area contributed by atoms with Crippen LogP contribution in [0.25, 0.3) is 0 Å². The molecule has 0 saturated carbocycles. The molecular formula is C18H22O4. The zero-order valence-electron chi connectivity index (χ0n) is 13.1. The normalized spacial score (nSPS) is 12.1. The van der Waals surface area contributed by atoms with Crippen LogP contribution in [0.5, 0.6) is 0 Å². The average molecular weight is 302 g/mol. The Morgan fingerprint density at radius 2 is 1.86 bits per heavy atom. The number of ether oxygens (including phenoxy) is 2. The molecule has 1 aromatic carbocycles. The van der Waals surface area contributed by atoms with Gasteiger partial charge in [-0.05, 0) is 19.4 Å². The van der Waals surface area contributed by atoms with E-state index >= 15 is 0 Å². The predicted octanol–water partition coefficient (Wildman–Crippen LogP) is 3.43. The van der Waals surface area contributed by atoms with Gasteiger partial charge in [0.15, 0.2) is 0 Å². The van der Waals surface area contributed by atoms with Gasteiger partial charge in [-0.2, -0.15) is 0 Å². The number of benzene rings is 1. The maximum Gasteiger partial charge on any atom is 0.330 e. The zero-order valence-corrected chi connectivity index (χ0v) is 13.1. The van der Waals surface area contributed by atoms with Crippen molar-refractivity contribution in [1.29, 1.82) is 0 Å². The van der Waals surface area contributed by atoms with E-state index in [-0.39, 0.29) is 6.61 Å². The Hall–Kier alpha value is -2.36. The van der Waals surface area contributed by atoms with E-state index < -0.39 is 23.5 Å². The highest BCUT2D eigenvalue weighted by Crippen LogP contribution is 2.28. The SMILES string of the molecule is C=CC[C@@H](OC(=O)C=C)C(C)(C)C(=O)OCc1ccccc1. The summed E-state index contributed by atoms with van der Waals surface area (Å²) in [6, 6.07) is 9.39. The molecule has 0 saturated heterocycles. The van der Waals surface area contributed by atoms with Gasteiger partial charge < -0.3 is 9.47 Å². The highest BCUT2D eigenvalue weighted by Gasteiger charge is 2.40. The average Bonchev–Trinajstić information content (AvgIpc) is 2.52. The Kier molecular flexibility index (Phi) is 6.57. The van der Waals surface area contributed by atoms with Crippen LogP contribution in [-0.2, 0) is 25.7 Å². The van der Waals surface area contributed by atoms with Crippen molar-refractivity contribution in [2.45, 2.75) is 33.0 Å². The summed E-state index contributed by atoms with van der Waals surface area (Å²) in [7, 11) is 0. The van der Waals surface area contributed by atoms with Crippen molar-refractivity contribution >= 4 is 11.9 Å². The third-order valence-corrected chi connectivity index (χ3v) is 3.35. The van der Waals surface area contributed by atoms with Gasteiger partial charge in [0, 0.05) is 12.5 Å². The molecule has 0 fully saturated rings. The Morgan fingerprint density at radius 3 is 2.41 bits per heavy atom. The minimum Gasteiger partial charge on any atom is -0.460 e. The van der Waals surface area contributed by atoms with Crippen LogP contribution < -0.4 is 0 Å². The molecule has 1 aromatic rings. The summed E-state index contributed by atoms with van der Waals surface area (Å²) in [6.07, 6.45) is 2.38. The summed E-state index contributed by atoms with van der Waals surface area (Å²) in [4.78, 5) is 23.8. The van der Waals surface area contributed by atoms with Gasteiger partial charge in [0.2, 0.25) is 0 Å². The predicted molar refractivity (Wildman–Crippen MR) is 84.9 cm³/mol. The van der Waals surface area contributed by atoms with Crippen LogP contribution in [0, 0.1) is 5.41 Å². The molecule has 22 heavy (non-hydrogen) atoms. The molecule has 0 aliphatic heterocycles. The van der Waals surface area contributed by atoms with Crippen LogP contribution >= 0.6 is 0 Å². The number of hydrogen-bond acceptors (Lipinski definition) is 4. The molecule has 1 rings (SSSR count). The molecular weight excluding hydrogens is 280 g/mol. The molecule has 4 heteroatoms. The summed E-state index contributed by atoms with van der Waals surface area (Å²) < 4.78 is 10.6. The number of carbonyl (C=O) groups excluding carboxylic acids is 2. The van der Waals surface area contributed by atoms with Gasteiger partial charge in [-0.1, -0.05) is 43.0 Å². The first-order chi connectivity index (χ1) is 10.4.